The van der Waals surface area contributed by atoms with E-state index in [4.69, 9.17) is 9.47 Å². The van der Waals surface area contributed by atoms with E-state index in [0.29, 0.717) is 37.8 Å². The van der Waals surface area contributed by atoms with E-state index in [1.165, 1.54) is 0 Å². The molecule has 0 radical (unpaired) electrons. The number of anilines is 2. The fourth-order valence-corrected chi connectivity index (χ4v) is 3.06. The summed E-state index contributed by atoms with van der Waals surface area (Å²) in [6, 6.07) is 8.04. The molecular formula is C21H24N4O5. The summed E-state index contributed by atoms with van der Waals surface area (Å²) in [5.41, 5.74) is 2.78. The lowest BCUT2D eigenvalue weighted by atomic mass is 10.1. The van der Waals surface area contributed by atoms with Crippen LogP contribution in [0, 0.1) is 13.8 Å². The standard InChI is InChI=1S/C21H24N4O5/c1-14-5-6-17(15(2)12-14)23-21(28)24-18(26)13-30-20(27)16-4-3-7-22-19(16)25-8-10-29-11-9-25/h3-7,12H,8-11,13H2,1-2H3,(H2,23,24,26,28). The normalized spacial score (nSPS) is 13.5. The van der Waals surface area contributed by atoms with Gasteiger partial charge in [-0.3, -0.25) is 10.1 Å². The molecule has 0 bridgehead atoms. The number of urea groups is 1. The van der Waals surface area contributed by atoms with E-state index in [1.54, 1.807) is 24.4 Å². The van der Waals surface area contributed by atoms with Gasteiger partial charge in [0.25, 0.3) is 5.91 Å². The lowest BCUT2D eigenvalue weighted by Crippen LogP contribution is -2.38. The predicted octanol–water partition coefficient (Wildman–Crippen LogP) is 2.04. The first-order chi connectivity index (χ1) is 14.4. The summed E-state index contributed by atoms with van der Waals surface area (Å²) in [7, 11) is 0. The van der Waals surface area contributed by atoms with Gasteiger partial charge in [-0.2, -0.15) is 0 Å². The molecule has 0 aliphatic carbocycles. The molecule has 3 rings (SSSR count). The monoisotopic (exact) mass is 412 g/mol. The van der Waals surface area contributed by atoms with E-state index >= 15 is 0 Å². The Morgan fingerprint density at radius 3 is 2.67 bits per heavy atom. The van der Waals surface area contributed by atoms with Crippen LogP contribution in [0.4, 0.5) is 16.3 Å². The molecule has 158 valence electrons. The number of nitrogens with one attached hydrogen (secondary N) is 2. The Balaban J connectivity index is 1.53. The number of hydrogen-bond donors (Lipinski definition) is 2. The van der Waals surface area contributed by atoms with Gasteiger partial charge in [-0.1, -0.05) is 17.7 Å². The SMILES string of the molecule is Cc1ccc(NC(=O)NC(=O)COC(=O)c2cccnc2N2CCOCC2)c(C)c1. The number of pyridine rings is 1. The number of morpholine rings is 1. The van der Waals surface area contributed by atoms with Crippen LogP contribution in [0.1, 0.15) is 21.5 Å². The zero-order chi connectivity index (χ0) is 21.5. The number of imide groups is 1. The molecule has 1 saturated heterocycles. The van der Waals surface area contributed by atoms with Crippen LogP contribution < -0.4 is 15.5 Å². The summed E-state index contributed by atoms with van der Waals surface area (Å²) in [5.74, 6) is -0.934. The van der Waals surface area contributed by atoms with Gasteiger partial charge >= 0.3 is 12.0 Å². The molecule has 1 aromatic heterocycles. The fourth-order valence-electron chi connectivity index (χ4n) is 3.06. The average molecular weight is 412 g/mol. The number of amides is 3. The molecule has 1 aliphatic rings. The Labute approximate surface area is 174 Å². The summed E-state index contributed by atoms with van der Waals surface area (Å²) in [6.45, 7) is 5.52. The van der Waals surface area contributed by atoms with Crippen molar-refractivity contribution in [1.29, 1.82) is 0 Å². The highest BCUT2D eigenvalue weighted by molar-refractivity contribution is 6.03. The summed E-state index contributed by atoms with van der Waals surface area (Å²) in [6.07, 6.45) is 1.59. The third-order valence-corrected chi connectivity index (χ3v) is 4.53. The van der Waals surface area contributed by atoms with Crippen LogP contribution in [0.2, 0.25) is 0 Å². The molecule has 0 atom stereocenters. The molecule has 1 fully saturated rings. The minimum absolute atomic E-state index is 0.256. The minimum atomic E-state index is -0.734. The van der Waals surface area contributed by atoms with Crippen LogP contribution in [0.15, 0.2) is 36.5 Å². The molecule has 0 saturated carbocycles. The van der Waals surface area contributed by atoms with Crippen LogP contribution >= 0.6 is 0 Å². The first kappa shape index (κ1) is 21.3. The summed E-state index contributed by atoms with van der Waals surface area (Å²) in [5, 5.41) is 4.75. The minimum Gasteiger partial charge on any atom is -0.452 e. The number of nitrogens with zero attached hydrogens (tertiary/aromatic N) is 2. The molecular weight excluding hydrogens is 388 g/mol. The summed E-state index contributed by atoms with van der Waals surface area (Å²) < 4.78 is 10.4. The molecule has 9 nitrogen and oxygen atoms in total. The maximum absolute atomic E-state index is 12.5. The van der Waals surface area contributed by atoms with Crippen LogP contribution in [0.25, 0.3) is 0 Å². The second kappa shape index (κ2) is 9.84. The average Bonchev–Trinajstić information content (AvgIpc) is 2.74. The molecule has 0 unspecified atom stereocenters. The van der Waals surface area contributed by atoms with Gasteiger partial charge in [-0.15, -0.1) is 0 Å². The predicted molar refractivity (Wildman–Crippen MR) is 111 cm³/mol. The Kier molecular flexibility index (Phi) is 6.97. The fraction of sp³-hybridized carbons (Fsp3) is 0.333. The second-order valence-corrected chi connectivity index (χ2v) is 6.87. The van der Waals surface area contributed by atoms with Gasteiger partial charge in [0.15, 0.2) is 6.61 Å². The van der Waals surface area contributed by atoms with E-state index in [2.05, 4.69) is 15.6 Å². The van der Waals surface area contributed by atoms with E-state index in [-0.39, 0.29) is 5.56 Å². The van der Waals surface area contributed by atoms with Gasteiger partial charge in [0.05, 0.1) is 13.2 Å². The first-order valence-electron chi connectivity index (χ1n) is 9.57. The number of aryl methyl sites for hydroxylation is 2. The molecule has 30 heavy (non-hydrogen) atoms. The molecule has 1 aliphatic heterocycles. The van der Waals surface area contributed by atoms with Gasteiger partial charge in [0.1, 0.15) is 11.4 Å². The van der Waals surface area contributed by atoms with Crippen molar-refractivity contribution in [2.24, 2.45) is 0 Å². The lowest BCUT2D eigenvalue weighted by molar-refractivity contribution is -0.123. The van der Waals surface area contributed by atoms with Crippen LogP contribution in [-0.2, 0) is 14.3 Å². The van der Waals surface area contributed by atoms with E-state index in [1.807, 2.05) is 30.9 Å². The quantitative estimate of drug-likeness (QED) is 0.723. The van der Waals surface area contributed by atoms with Gasteiger partial charge < -0.3 is 19.7 Å². The number of carbonyl (C=O) groups is 3. The first-order valence-corrected chi connectivity index (χ1v) is 9.57. The van der Waals surface area contributed by atoms with Crippen molar-refractivity contribution in [1.82, 2.24) is 10.3 Å². The topological polar surface area (TPSA) is 110 Å². The van der Waals surface area contributed by atoms with Crippen LogP contribution in [-0.4, -0.2) is 55.8 Å². The van der Waals surface area contributed by atoms with Crippen molar-refractivity contribution in [3.63, 3.8) is 0 Å². The van der Waals surface area contributed by atoms with E-state index < -0.39 is 24.5 Å². The molecule has 3 amide bonds. The third-order valence-electron chi connectivity index (χ3n) is 4.53. The van der Waals surface area contributed by atoms with Crippen molar-refractivity contribution < 1.29 is 23.9 Å². The highest BCUT2D eigenvalue weighted by atomic mass is 16.5. The molecule has 9 heteroatoms. The number of hydrogen-bond acceptors (Lipinski definition) is 7. The maximum atomic E-state index is 12.5. The zero-order valence-electron chi connectivity index (χ0n) is 16.9. The van der Waals surface area contributed by atoms with Crippen molar-refractivity contribution in [2.45, 2.75) is 13.8 Å². The third kappa shape index (κ3) is 5.54. The Bertz CT molecular complexity index is 941. The van der Waals surface area contributed by atoms with E-state index in [9.17, 15) is 14.4 Å². The number of carbonyl (C=O) groups excluding carboxylic acids is 3. The highest BCUT2D eigenvalue weighted by Crippen LogP contribution is 2.19. The van der Waals surface area contributed by atoms with Gasteiger partial charge in [-0.25, -0.2) is 14.6 Å². The molecule has 0 spiro atoms. The van der Waals surface area contributed by atoms with Gasteiger partial charge in [0.2, 0.25) is 0 Å². The van der Waals surface area contributed by atoms with Gasteiger partial charge in [0, 0.05) is 25.0 Å². The molecule has 2 heterocycles. The van der Waals surface area contributed by atoms with Crippen LogP contribution in [0.3, 0.4) is 0 Å². The maximum Gasteiger partial charge on any atom is 0.342 e. The zero-order valence-corrected chi connectivity index (χ0v) is 16.9. The number of esters is 1. The number of benzene rings is 1. The molecule has 1 aromatic carbocycles. The second-order valence-electron chi connectivity index (χ2n) is 6.87. The number of aromatic nitrogens is 1. The Morgan fingerprint density at radius 1 is 1.17 bits per heavy atom. The Hall–Kier alpha value is -3.46. The van der Waals surface area contributed by atoms with Crippen molar-refractivity contribution in [3.8, 4) is 0 Å². The van der Waals surface area contributed by atoms with Crippen molar-refractivity contribution in [2.75, 3.05) is 43.1 Å². The molecule has 2 aromatic rings. The number of rotatable bonds is 5. The summed E-state index contributed by atoms with van der Waals surface area (Å²) in [4.78, 5) is 42.7. The van der Waals surface area contributed by atoms with Crippen molar-refractivity contribution >= 4 is 29.4 Å². The highest BCUT2D eigenvalue weighted by Gasteiger charge is 2.21. The largest absolute Gasteiger partial charge is 0.452 e. The summed E-state index contributed by atoms with van der Waals surface area (Å²) >= 11 is 0. The van der Waals surface area contributed by atoms with Gasteiger partial charge in [-0.05, 0) is 37.6 Å². The van der Waals surface area contributed by atoms with Crippen molar-refractivity contribution in [3.05, 3.63) is 53.2 Å². The molecule has 2 N–H and O–H groups in total. The lowest BCUT2D eigenvalue weighted by Gasteiger charge is -2.28. The van der Waals surface area contributed by atoms with E-state index in [0.717, 1.165) is 11.1 Å². The number of ether oxygens (including phenoxy) is 2. The smallest absolute Gasteiger partial charge is 0.342 e. The Morgan fingerprint density at radius 2 is 1.93 bits per heavy atom. The van der Waals surface area contributed by atoms with Crippen LogP contribution in [0.5, 0.6) is 0 Å².